The molecule has 7 nitrogen and oxygen atoms in total. The van der Waals surface area contributed by atoms with Gasteiger partial charge in [-0.05, 0) is 0 Å². The molecule has 1 saturated heterocycles. The van der Waals surface area contributed by atoms with E-state index in [1.165, 1.54) is 6.33 Å². The number of hydrogen-bond acceptors (Lipinski definition) is 5. The zero-order valence-electron chi connectivity index (χ0n) is 11.9. The van der Waals surface area contributed by atoms with Gasteiger partial charge in [-0.3, -0.25) is 4.79 Å². The summed E-state index contributed by atoms with van der Waals surface area (Å²) >= 11 is 2.15. The summed E-state index contributed by atoms with van der Waals surface area (Å²) in [7, 11) is 1.91. The second-order valence-electron chi connectivity index (χ2n) is 5.01. The lowest BCUT2D eigenvalue weighted by Crippen LogP contribution is -2.30. The number of aryl methyl sites for hydroxylation is 1. The molecule has 1 amide bonds. The molecule has 1 atom stereocenters. The number of rotatable bonds is 3. The number of carbonyl (C=O) groups is 1. The number of aromatic nitrogens is 4. The van der Waals surface area contributed by atoms with Crippen LogP contribution in [0.3, 0.4) is 0 Å². The molecular weight excluding hydrogens is 385 g/mol. The minimum absolute atomic E-state index is 0.0294. The normalized spacial score (nSPS) is 18.4. The predicted molar refractivity (Wildman–Crippen MR) is 84.9 cm³/mol. The Balaban J connectivity index is 1.80. The smallest absolute Gasteiger partial charge is 0.245 e. The number of carbonyl (C=O) groups excluding carboxylic acids is 1. The fraction of sp³-hybridized carbons (Fsp3) is 0.538. The summed E-state index contributed by atoms with van der Waals surface area (Å²) in [6.07, 6.45) is 2.81. The number of ether oxygens (including phenoxy) is 1. The molecule has 0 N–H and O–H groups in total. The van der Waals surface area contributed by atoms with E-state index in [-0.39, 0.29) is 12.0 Å². The molecule has 0 spiro atoms. The SMILES string of the molecule is CCC(=O)N1CC[C@H](Oc2ncnc3c2nc(I)n3C)C1. The van der Waals surface area contributed by atoms with Crippen LogP contribution in [0.25, 0.3) is 11.2 Å². The molecule has 3 rings (SSSR count). The van der Waals surface area contributed by atoms with Crippen LogP contribution in [0.5, 0.6) is 5.88 Å². The highest BCUT2D eigenvalue weighted by molar-refractivity contribution is 14.1. The standard InChI is InChI=1S/C13H16IN5O2/c1-3-9(20)19-5-4-8(6-19)21-12-10-11(15-7-16-12)18(2)13(14)17-10/h7-8H,3-6H2,1-2H3/t8-/m0/s1. The number of imidazole rings is 1. The molecule has 1 aliphatic heterocycles. The number of nitrogens with zero attached hydrogens (tertiary/aromatic N) is 5. The average molecular weight is 401 g/mol. The van der Waals surface area contributed by atoms with Crippen LogP contribution in [0.1, 0.15) is 19.8 Å². The fourth-order valence-electron chi connectivity index (χ4n) is 2.47. The summed E-state index contributed by atoms with van der Waals surface area (Å²) in [5, 5.41) is 0. The van der Waals surface area contributed by atoms with Gasteiger partial charge in [0.25, 0.3) is 0 Å². The van der Waals surface area contributed by atoms with Gasteiger partial charge in [0.1, 0.15) is 12.4 Å². The Hall–Kier alpha value is -1.45. The van der Waals surface area contributed by atoms with Crippen molar-refractivity contribution in [2.24, 2.45) is 7.05 Å². The maximum absolute atomic E-state index is 11.7. The van der Waals surface area contributed by atoms with Crippen molar-refractivity contribution < 1.29 is 9.53 Å². The minimum atomic E-state index is -0.0294. The summed E-state index contributed by atoms with van der Waals surface area (Å²) < 4.78 is 8.69. The van der Waals surface area contributed by atoms with Crippen molar-refractivity contribution in [3.8, 4) is 5.88 Å². The van der Waals surface area contributed by atoms with Crippen molar-refractivity contribution >= 4 is 39.7 Å². The number of fused-ring (bicyclic) bond motifs is 1. The Morgan fingerprint density at radius 2 is 2.33 bits per heavy atom. The summed E-state index contributed by atoms with van der Waals surface area (Å²) in [6.45, 7) is 3.23. The number of amides is 1. The quantitative estimate of drug-likeness (QED) is 0.574. The molecule has 2 aromatic heterocycles. The van der Waals surface area contributed by atoms with Crippen LogP contribution in [0, 0.1) is 3.83 Å². The lowest BCUT2D eigenvalue weighted by molar-refractivity contribution is -0.130. The molecule has 0 unspecified atom stereocenters. The number of halogens is 1. The Kier molecular flexibility index (Phi) is 3.96. The van der Waals surface area contributed by atoms with Crippen molar-refractivity contribution in [2.45, 2.75) is 25.9 Å². The van der Waals surface area contributed by atoms with E-state index in [0.717, 1.165) is 22.4 Å². The van der Waals surface area contributed by atoms with Crippen LogP contribution in [0.15, 0.2) is 6.33 Å². The van der Waals surface area contributed by atoms with Crippen molar-refractivity contribution in [2.75, 3.05) is 13.1 Å². The van der Waals surface area contributed by atoms with Gasteiger partial charge in [0.15, 0.2) is 15.0 Å². The molecule has 3 heterocycles. The second-order valence-corrected chi connectivity index (χ2v) is 5.98. The Bertz CT molecular complexity index is 686. The monoisotopic (exact) mass is 401 g/mol. The Labute approximate surface area is 135 Å². The van der Waals surface area contributed by atoms with E-state index >= 15 is 0 Å². The van der Waals surface area contributed by atoms with Gasteiger partial charge in [0, 0.05) is 49.0 Å². The number of likely N-dealkylation sites (tertiary alicyclic amines) is 1. The zero-order chi connectivity index (χ0) is 15.0. The summed E-state index contributed by atoms with van der Waals surface area (Å²) in [4.78, 5) is 26.4. The van der Waals surface area contributed by atoms with Crippen LogP contribution in [0.4, 0.5) is 0 Å². The summed E-state index contributed by atoms with van der Waals surface area (Å²) in [5.41, 5.74) is 1.42. The third kappa shape index (κ3) is 2.68. The van der Waals surface area contributed by atoms with E-state index in [1.807, 2.05) is 23.4 Å². The van der Waals surface area contributed by atoms with Gasteiger partial charge >= 0.3 is 0 Å². The topological polar surface area (TPSA) is 73.1 Å². The van der Waals surface area contributed by atoms with E-state index < -0.39 is 0 Å². The summed E-state index contributed by atoms with van der Waals surface area (Å²) in [5.74, 6) is 0.663. The highest BCUT2D eigenvalue weighted by atomic mass is 127. The van der Waals surface area contributed by atoms with Crippen LogP contribution >= 0.6 is 22.6 Å². The molecule has 112 valence electrons. The first kappa shape index (κ1) is 14.5. The lowest BCUT2D eigenvalue weighted by atomic mass is 10.3. The van der Waals surface area contributed by atoms with Crippen molar-refractivity contribution in [1.82, 2.24) is 24.4 Å². The molecule has 21 heavy (non-hydrogen) atoms. The predicted octanol–water partition coefficient (Wildman–Crippen LogP) is 1.36. The largest absolute Gasteiger partial charge is 0.471 e. The van der Waals surface area contributed by atoms with Gasteiger partial charge in [0.2, 0.25) is 11.8 Å². The molecule has 1 aliphatic rings. The molecule has 0 radical (unpaired) electrons. The maximum Gasteiger partial charge on any atom is 0.245 e. The molecule has 0 saturated carbocycles. The van der Waals surface area contributed by atoms with Gasteiger partial charge in [-0.2, -0.15) is 4.98 Å². The van der Waals surface area contributed by atoms with Crippen LogP contribution in [0.2, 0.25) is 0 Å². The summed E-state index contributed by atoms with van der Waals surface area (Å²) in [6, 6.07) is 0. The molecule has 8 heteroatoms. The first-order chi connectivity index (χ1) is 10.1. The van der Waals surface area contributed by atoms with Gasteiger partial charge in [-0.15, -0.1) is 0 Å². The average Bonchev–Trinajstić information content (AvgIpc) is 3.06. The molecule has 0 aliphatic carbocycles. The number of hydrogen-bond donors (Lipinski definition) is 0. The Morgan fingerprint density at radius 1 is 1.52 bits per heavy atom. The van der Waals surface area contributed by atoms with Gasteiger partial charge in [0.05, 0.1) is 6.54 Å². The van der Waals surface area contributed by atoms with E-state index in [9.17, 15) is 4.79 Å². The van der Waals surface area contributed by atoms with E-state index in [4.69, 9.17) is 4.74 Å². The maximum atomic E-state index is 11.7. The Morgan fingerprint density at radius 3 is 3.10 bits per heavy atom. The molecule has 1 fully saturated rings. The van der Waals surface area contributed by atoms with Gasteiger partial charge in [-0.1, -0.05) is 6.92 Å². The van der Waals surface area contributed by atoms with Gasteiger partial charge in [-0.25, -0.2) is 9.97 Å². The van der Waals surface area contributed by atoms with Crippen molar-refractivity contribution in [3.63, 3.8) is 0 Å². The highest BCUT2D eigenvalue weighted by Gasteiger charge is 2.28. The lowest BCUT2D eigenvalue weighted by Gasteiger charge is -2.16. The molecule has 0 bridgehead atoms. The van der Waals surface area contributed by atoms with Gasteiger partial charge < -0.3 is 14.2 Å². The highest BCUT2D eigenvalue weighted by Crippen LogP contribution is 2.24. The molecular formula is C13H16IN5O2. The van der Waals surface area contributed by atoms with E-state index in [1.54, 1.807) is 0 Å². The van der Waals surface area contributed by atoms with Crippen LogP contribution in [-0.4, -0.2) is 49.5 Å². The minimum Gasteiger partial charge on any atom is -0.471 e. The fourth-order valence-corrected chi connectivity index (χ4v) is 2.94. The van der Waals surface area contributed by atoms with E-state index in [2.05, 4.69) is 37.5 Å². The third-order valence-electron chi connectivity index (χ3n) is 3.65. The second kappa shape index (κ2) is 5.74. The van der Waals surface area contributed by atoms with Crippen molar-refractivity contribution in [3.05, 3.63) is 10.2 Å². The zero-order valence-corrected chi connectivity index (χ0v) is 14.1. The van der Waals surface area contributed by atoms with E-state index in [0.29, 0.717) is 24.4 Å². The first-order valence-corrected chi connectivity index (χ1v) is 7.95. The first-order valence-electron chi connectivity index (χ1n) is 6.87. The molecule has 2 aromatic rings. The van der Waals surface area contributed by atoms with Crippen LogP contribution in [-0.2, 0) is 11.8 Å². The van der Waals surface area contributed by atoms with Crippen LogP contribution < -0.4 is 4.74 Å². The van der Waals surface area contributed by atoms with Crippen molar-refractivity contribution in [1.29, 1.82) is 0 Å². The third-order valence-corrected chi connectivity index (χ3v) is 4.61. The molecule has 0 aromatic carbocycles.